The van der Waals surface area contributed by atoms with Gasteiger partial charge in [-0.2, -0.15) is 0 Å². The number of carbonyl (C=O) groups is 2. The highest BCUT2D eigenvalue weighted by Gasteiger charge is 2.17. The first-order chi connectivity index (χ1) is 12.2. The van der Waals surface area contributed by atoms with Crippen molar-refractivity contribution in [3.63, 3.8) is 0 Å². The molecule has 0 bridgehead atoms. The molecule has 6 heteroatoms. The van der Waals surface area contributed by atoms with E-state index in [1.165, 1.54) is 0 Å². The van der Waals surface area contributed by atoms with E-state index < -0.39 is 0 Å². The Kier molecular flexibility index (Phi) is 5.64. The van der Waals surface area contributed by atoms with Crippen molar-refractivity contribution < 1.29 is 19.1 Å². The molecule has 1 aliphatic heterocycles. The maximum Gasteiger partial charge on any atom is 0.251 e. The van der Waals surface area contributed by atoms with Crippen LogP contribution in [-0.4, -0.2) is 49.6 Å². The van der Waals surface area contributed by atoms with Crippen LogP contribution in [0.4, 0.5) is 0 Å². The molecule has 1 fully saturated rings. The molecule has 2 amide bonds. The normalized spacial score (nSPS) is 14.0. The zero-order valence-electron chi connectivity index (χ0n) is 13.8. The molecule has 0 saturated carbocycles. The van der Waals surface area contributed by atoms with E-state index in [2.05, 4.69) is 5.32 Å². The van der Waals surface area contributed by atoms with Crippen LogP contribution in [0.1, 0.15) is 10.4 Å². The van der Waals surface area contributed by atoms with Crippen LogP contribution >= 0.6 is 0 Å². The molecule has 0 radical (unpaired) electrons. The second-order valence-corrected chi connectivity index (χ2v) is 5.62. The van der Waals surface area contributed by atoms with Crippen molar-refractivity contribution in [3.05, 3.63) is 60.2 Å². The summed E-state index contributed by atoms with van der Waals surface area (Å²) < 4.78 is 10.9. The Hall–Kier alpha value is -2.86. The van der Waals surface area contributed by atoms with Crippen LogP contribution in [0.5, 0.6) is 11.5 Å². The Labute approximate surface area is 146 Å². The molecule has 2 aromatic rings. The summed E-state index contributed by atoms with van der Waals surface area (Å²) in [5.74, 6) is 0.997. The number of carbonyl (C=O) groups excluding carboxylic acids is 2. The second-order valence-electron chi connectivity index (χ2n) is 5.62. The maximum absolute atomic E-state index is 12.2. The lowest BCUT2D eigenvalue weighted by molar-refractivity contribution is -0.134. The summed E-state index contributed by atoms with van der Waals surface area (Å²) in [6.45, 7) is 2.21. The van der Waals surface area contributed by atoms with Crippen LogP contribution in [-0.2, 0) is 9.53 Å². The minimum Gasteiger partial charge on any atom is -0.457 e. The molecule has 0 unspecified atom stereocenters. The summed E-state index contributed by atoms with van der Waals surface area (Å²) >= 11 is 0. The molecule has 0 aliphatic carbocycles. The number of hydrogen-bond donors (Lipinski definition) is 1. The number of nitrogens with one attached hydrogen (secondary N) is 1. The van der Waals surface area contributed by atoms with Crippen LogP contribution < -0.4 is 10.1 Å². The van der Waals surface area contributed by atoms with Crippen LogP contribution in [0, 0.1) is 0 Å². The van der Waals surface area contributed by atoms with Gasteiger partial charge in [0.2, 0.25) is 5.91 Å². The highest BCUT2D eigenvalue weighted by atomic mass is 16.5. The lowest BCUT2D eigenvalue weighted by Gasteiger charge is -2.26. The molecule has 1 N–H and O–H groups in total. The zero-order chi connectivity index (χ0) is 17.5. The van der Waals surface area contributed by atoms with E-state index in [-0.39, 0.29) is 18.4 Å². The third-order valence-corrected chi connectivity index (χ3v) is 3.86. The molecule has 0 atom stereocenters. The van der Waals surface area contributed by atoms with Crippen molar-refractivity contribution in [2.75, 3.05) is 32.8 Å². The first kappa shape index (κ1) is 17.0. The number of ether oxygens (including phenoxy) is 2. The van der Waals surface area contributed by atoms with E-state index in [4.69, 9.17) is 9.47 Å². The molecule has 1 aliphatic rings. The molecule has 3 rings (SSSR count). The standard InChI is InChI=1S/C19H20N2O4/c22-18(21-10-12-24-13-11-21)14-20-19(23)15-6-8-17(9-7-15)25-16-4-2-1-3-5-16/h1-9H,10-14H2,(H,20,23). The molecule has 25 heavy (non-hydrogen) atoms. The maximum atomic E-state index is 12.2. The average molecular weight is 340 g/mol. The Morgan fingerprint density at radius 1 is 0.960 bits per heavy atom. The number of amides is 2. The monoisotopic (exact) mass is 340 g/mol. The van der Waals surface area contributed by atoms with Gasteiger partial charge in [0.1, 0.15) is 11.5 Å². The Morgan fingerprint density at radius 2 is 1.60 bits per heavy atom. The quantitative estimate of drug-likeness (QED) is 0.905. The van der Waals surface area contributed by atoms with Gasteiger partial charge in [0.15, 0.2) is 0 Å². The predicted octanol–water partition coefficient (Wildman–Crippen LogP) is 2.07. The first-order valence-corrected chi connectivity index (χ1v) is 8.19. The SMILES string of the molecule is O=C(NCC(=O)N1CCOCC1)c1ccc(Oc2ccccc2)cc1. The van der Waals surface area contributed by atoms with E-state index in [0.29, 0.717) is 37.6 Å². The van der Waals surface area contributed by atoms with Gasteiger partial charge in [-0.15, -0.1) is 0 Å². The van der Waals surface area contributed by atoms with E-state index in [1.54, 1.807) is 29.2 Å². The Morgan fingerprint density at radius 3 is 2.28 bits per heavy atom. The van der Waals surface area contributed by atoms with Crippen LogP contribution in [0.15, 0.2) is 54.6 Å². The van der Waals surface area contributed by atoms with E-state index in [9.17, 15) is 9.59 Å². The minimum atomic E-state index is -0.284. The van der Waals surface area contributed by atoms with Crippen molar-refractivity contribution in [3.8, 4) is 11.5 Å². The Bertz CT molecular complexity index is 710. The number of benzene rings is 2. The predicted molar refractivity (Wildman–Crippen MR) is 92.7 cm³/mol. The summed E-state index contributed by atoms with van der Waals surface area (Å²) in [7, 11) is 0. The van der Waals surface area contributed by atoms with Crippen molar-refractivity contribution in [2.24, 2.45) is 0 Å². The molecule has 6 nitrogen and oxygen atoms in total. The van der Waals surface area contributed by atoms with Gasteiger partial charge in [-0.05, 0) is 36.4 Å². The summed E-state index contributed by atoms with van der Waals surface area (Å²) in [4.78, 5) is 25.9. The lowest BCUT2D eigenvalue weighted by atomic mass is 10.2. The van der Waals surface area contributed by atoms with Gasteiger partial charge in [-0.1, -0.05) is 18.2 Å². The molecule has 2 aromatic carbocycles. The molecular weight excluding hydrogens is 320 g/mol. The number of morpholine rings is 1. The Balaban J connectivity index is 1.51. The number of hydrogen-bond acceptors (Lipinski definition) is 4. The van der Waals surface area contributed by atoms with Crippen molar-refractivity contribution in [1.29, 1.82) is 0 Å². The van der Waals surface area contributed by atoms with E-state index in [0.717, 1.165) is 5.75 Å². The topological polar surface area (TPSA) is 67.9 Å². The summed E-state index contributed by atoms with van der Waals surface area (Å²) in [5.41, 5.74) is 0.482. The van der Waals surface area contributed by atoms with Gasteiger partial charge in [-0.3, -0.25) is 9.59 Å². The number of nitrogens with zero attached hydrogens (tertiary/aromatic N) is 1. The molecule has 0 aromatic heterocycles. The van der Waals surface area contributed by atoms with Crippen molar-refractivity contribution >= 4 is 11.8 Å². The largest absolute Gasteiger partial charge is 0.457 e. The van der Waals surface area contributed by atoms with Gasteiger partial charge < -0.3 is 19.7 Å². The zero-order valence-corrected chi connectivity index (χ0v) is 13.8. The van der Waals surface area contributed by atoms with E-state index >= 15 is 0 Å². The average Bonchev–Trinajstić information content (AvgIpc) is 2.68. The fraction of sp³-hybridized carbons (Fsp3) is 0.263. The third kappa shape index (κ3) is 4.81. The fourth-order valence-electron chi connectivity index (χ4n) is 2.48. The summed E-state index contributed by atoms with van der Waals surface area (Å²) in [5, 5.41) is 2.65. The highest BCUT2D eigenvalue weighted by Crippen LogP contribution is 2.21. The lowest BCUT2D eigenvalue weighted by Crippen LogP contribution is -2.45. The van der Waals surface area contributed by atoms with Gasteiger partial charge >= 0.3 is 0 Å². The number of rotatable bonds is 5. The van der Waals surface area contributed by atoms with Crippen molar-refractivity contribution in [1.82, 2.24) is 10.2 Å². The second kappa shape index (κ2) is 8.30. The molecule has 0 spiro atoms. The van der Waals surface area contributed by atoms with E-state index in [1.807, 2.05) is 30.3 Å². The molecule has 1 heterocycles. The van der Waals surface area contributed by atoms with Gasteiger partial charge in [0.25, 0.3) is 5.91 Å². The van der Waals surface area contributed by atoms with Crippen LogP contribution in [0.2, 0.25) is 0 Å². The first-order valence-electron chi connectivity index (χ1n) is 8.19. The third-order valence-electron chi connectivity index (χ3n) is 3.86. The number of para-hydroxylation sites is 1. The summed E-state index contributed by atoms with van der Waals surface area (Å²) in [6, 6.07) is 16.2. The van der Waals surface area contributed by atoms with Crippen molar-refractivity contribution in [2.45, 2.75) is 0 Å². The van der Waals surface area contributed by atoms with Crippen LogP contribution in [0.3, 0.4) is 0 Å². The van der Waals surface area contributed by atoms with Gasteiger partial charge in [-0.25, -0.2) is 0 Å². The fourth-order valence-corrected chi connectivity index (χ4v) is 2.48. The molecular formula is C19H20N2O4. The summed E-state index contributed by atoms with van der Waals surface area (Å²) in [6.07, 6.45) is 0. The minimum absolute atomic E-state index is 0.0128. The highest BCUT2D eigenvalue weighted by molar-refractivity contribution is 5.96. The van der Waals surface area contributed by atoms with Crippen LogP contribution in [0.25, 0.3) is 0 Å². The van der Waals surface area contributed by atoms with Gasteiger partial charge in [0.05, 0.1) is 19.8 Å². The molecule has 130 valence electrons. The van der Waals surface area contributed by atoms with Gasteiger partial charge in [0, 0.05) is 18.7 Å². The molecule has 1 saturated heterocycles. The smallest absolute Gasteiger partial charge is 0.251 e.